The van der Waals surface area contributed by atoms with Gasteiger partial charge < -0.3 is 10.6 Å². The Bertz CT molecular complexity index is 372. The second kappa shape index (κ2) is 5.50. The fraction of sp³-hybridized carbons (Fsp3) is 0.571. The van der Waals surface area contributed by atoms with Gasteiger partial charge in [0.15, 0.2) is 0 Å². The van der Waals surface area contributed by atoms with E-state index in [2.05, 4.69) is 11.8 Å². The molecule has 0 radical (unpaired) electrons. The molecule has 1 aliphatic carbocycles. The van der Waals surface area contributed by atoms with E-state index >= 15 is 0 Å². The van der Waals surface area contributed by atoms with Gasteiger partial charge in [0.05, 0.1) is 0 Å². The number of nitrogens with two attached hydrogens (primary N) is 1. The molecule has 1 aromatic carbocycles. The minimum absolute atomic E-state index is 0.181. The van der Waals surface area contributed by atoms with Crippen LogP contribution in [0.4, 0.5) is 10.1 Å². The minimum Gasteiger partial charge on any atom is -0.369 e. The molecular weight excluding hydrogens is 215 g/mol. The summed E-state index contributed by atoms with van der Waals surface area (Å²) < 4.78 is 13.5. The van der Waals surface area contributed by atoms with Crippen molar-refractivity contribution in [2.45, 2.75) is 45.2 Å². The highest BCUT2D eigenvalue weighted by Gasteiger charge is 2.22. The molecule has 0 atom stereocenters. The van der Waals surface area contributed by atoms with E-state index < -0.39 is 0 Å². The van der Waals surface area contributed by atoms with Gasteiger partial charge >= 0.3 is 0 Å². The van der Waals surface area contributed by atoms with Crippen LogP contribution in [0.25, 0.3) is 0 Å². The molecule has 0 unspecified atom stereocenters. The van der Waals surface area contributed by atoms with E-state index in [4.69, 9.17) is 5.73 Å². The number of hydrogen-bond acceptors (Lipinski definition) is 2. The van der Waals surface area contributed by atoms with Crippen molar-refractivity contribution < 1.29 is 4.39 Å². The summed E-state index contributed by atoms with van der Waals surface area (Å²) >= 11 is 0. The number of halogens is 1. The Morgan fingerprint density at radius 1 is 1.29 bits per heavy atom. The summed E-state index contributed by atoms with van der Waals surface area (Å²) in [6.07, 6.45) is 5.03. The molecule has 1 aliphatic rings. The topological polar surface area (TPSA) is 29.3 Å². The molecular formula is C14H21FN2. The molecule has 1 aromatic rings. The molecule has 1 saturated carbocycles. The van der Waals surface area contributed by atoms with E-state index in [9.17, 15) is 4.39 Å². The molecule has 94 valence electrons. The monoisotopic (exact) mass is 236 g/mol. The van der Waals surface area contributed by atoms with Gasteiger partial charge in [-0.3, -0.25) is 0 Å². The first-order chi connectivity index (χ1) is 8.24. The largest absolute Gasteiger partial charge is 0.369 e. The lowest BCUT2D eigenvalue weighted by atomic mass is 10.1. The van der Waals surface area contributed by atoms with Crippen molar-refractivity contribution in [3.8, 4) is 0 Å². The summed E-state index contributed by atoms with van der Waals surface area (Å²) in [6.45, 7) is 3.45. The van der Waals surface area contributed by atoms with Crippen molar-refractivity contribution in [3.63, 3.8) is 0 Å². The van der Waals surface area contributed by atoms with Crippen LogP contribution in [-0.2, 0) is 6.54 Å². The number of hydrogen-bond donors (Lipinski definition) is 1. The summed E-state index contributed by atoms with van der Waals surface area (Å²) in [5.41, 5.74) is 7.46. The highest BCUT2D eigenvalue weighted by atomic mass is 19.1. The summed E-state index contributed by atoms with van der Waals surface area (Å²) in [5.74, 6) is -0.181. The normalized spacial score (nSPS) is 16.4. The molecule has 0 bridgehead atoms. The quantitative estimate of drug-likeness (QED) is 0.870. The van der Waals surface area contributed by atoms with Crippen molar-refractivity contribution in [1.29, 1.82) is 0 Å². The van der Waals surface area contributed by atoms with Crippen molar-refractivity contribution in [3.05, 3.63) is 29.6 Å². The SMILES string of the molecule is CCN(c1cc(F)cc(CN)c1)C1CCCC1. The van der Waals surface area contributed by atoms with E-state index in [1.165, 1.54) is 31.7 Å². The van der Waals surface area contributed by atoms with E-state index in [1.54, 1.807) is 6.07 Å². The second-order valence-electron chi connectivity index (χ2n) is 4.75. The Balaban J connectivity index is 2.25. The summed E-state index contributed by atoms with van der Waals surface area (Å²) in [5, 5.41) is 0. The molecule has 2 nitrogen and oxygen atoms in total. The standard InChI is InChI=1S/C14H21FN2/c1-2-17(13-5-3-4-6-13)14-8-11(10-16)7-12(15)9-14/h7-9,13H,2-6,10,16H2,1H3. The first kappa shape index (κ1) is 12.4. The van der Waals surface area contributed by atoms with Gasteiger partial charge in [0, 0.05) is 24.8 Å². The fourth-order valence-electron chi connectivity index (χ4n) is 2.78. The number of benzene rings is 1. The summed E-state index contributed by atoms with van der Waals surface area (Å²) in [6, 6.07) is 5.74. The molecule has 0 saturated heterocycles. The van der Waals surface area contributed by atoms with Crippen LogP contribution in [0.3, 0.4) is 0 Å². The maximum absolute atomic E-state index is 13.5. The molecule has 0 amide bonds. The van der Waals surface area contributed by atoms with Crippen molar-refractivity contribution in [1.82, 2.24) is 0 Å². The average molecular weight is 236 g/mol. The smallest absolute Gasteiger partial charge is 0.125 e. The Morgan fingerprint density at radius 2 is 2.00 bits per heavy atom. The van der Waals surface area contributed by atoms with Crippen molar-refractivity contribution in [2.24, 2.45) is 5.73 Å². The zero-order valence-corrected chi connectivity index (χ0v) is 10.5. The van der Waals surface area contributed by atoms with Gasteiger partial charge in [-0.2, -0.15) is 0 Å². The highest BCUT2D eigenvalue weighted by molar-refractivity contribution is 5.50. The highest BCUT2D eigenvalue weighted by Crippen LogP contribution is 2.29. The third kappa shape index (κ3) is 2.78. The molecule has 17 heavy (non-hydrogen) atoms. The third-order valence-electron chi connectivity index (χ3n) is 3.62. The fourth-order valence-corrected chi connectivity index (χ4v) is 2.78. The molecule has 2 rings (SSSR count). The molecule has 0 spiro atoms. The maximum atomic E-state index is 13.5. The molecule has 0 aromatic heterocycles. The van der Waals surface area contributed by atoms with Crippen LogP contribution in [-0.4, -0.2) is 12.6 Å². The number of rotatable bonds is 4. The molecule has 0 aliphatic heterocycles. The molecule has 1 fully saturated rings. The zero-order chi connectivity index (χ0) is 12.3. The van der Waals surface area contributed by atoms with Crippen LogP contribution >= 0.6 is 0 Å². The van der Waals surface area contributed by atoms with Crippen LogP contribution in [0.5, 0.6) is 0 Å². The van der Waals surface area contributed by atoms with E-state index in [0.29, 0.717) is 12.6 Å². The third-order valence-corrected chi connectivity index (χ3v) is 3.62. The van der Waals surface area contributed by atoms with Gasteiger partial charge in [-0.15, -0.1) is 0 Å². The minimum atomic E-state index is -0.181. The lowest BCUT2D eigenvalue weighted by Gasteiger charge is -2.30. The average Bonchev–Trinajstić information content (AvgIpc) is 2.83. The number of anilines is 1. The molecule has 0 heterocycles. The van der Waals surface area contributed by atoms with Gasteiger partial charge in [-0.1, -0.05) is 12.8 Å². The van der Waals surface area contributed by atoms with Crippen LogP contribution in [0.2, 0.25) is 0 Å². The van der Waals surface area contributed by atoms with Gasteiger partial charge in [0.25, 0.3) is 0 Å². The first-order valence-electron chi connectivity index (χ1n) is 6.50. The van der Waals surface area contributed by atoms with Crippen molar-refractivity contribution in [2.75, 3.05) is 11.4 Å². The molecule has 3 heteroatoms. The molecule has 2 N–H and O–H groups in total. The van der Waals surface area contributed by atoms with Crippen LogP contribution in [0.1, 0.15) is 38.2 Å². The van der Waals surface area contributed by atoms with Crippen molar-refractivity contribution >= 4 is 5.69 Å². The Labute approximate surface area is 103 Å². The van der Waals surface area contributed by atoms with Gasteiger partial charge in [0.2, 0.25) is 0 Å². The van der Waals surface area contributed by atoms with Crippen LogP contribution in [0, 0.1) is 5.82 Å². The predicted molar refractivity (Wildman–Crippen MR) is 69.6 cm³/mol. The van der Waals surface area contributed by atoms with Gasteiger partial charge in [0.1, 0.15) is 5.82 Å². The lowest BCUT2D eigenvalue weighted by Crippen LogP contribution is -2.33. The zero-order valence-electron chi connectivity index (χ0n) is 10.5. The lowest BCUT2D eigenvalue weighted by molar-refractivity contribution is 0.604. The Kier molecular flexibility index (Phi) is 4.00. The van der Waals surface area contributed by atoms with E-state index in [1.807, 2.05) is 6.07 Å². The Morgan fingerprint density at radius 3 is 2.59 bits per heavy atom. The second-order valence-corrected chi connectivity index (χ2v) is 4.75. The van der Waals surface area contributed by atoms with Gasteiger partial charge in [-0.25, -0.2) is 4.39 Å². The van der Waals surface area contributed by atoms with E-state index in [-0.39, 0.29) is 5.82 Å². The first-order valence-corrected chi connectivity index (χ1v) is 6.50. The van der Waals surface area contributed by atoms with Crippen LogP contribution < -0.4 is 10.6 Å². The van der Waals surface area contributed by atoms with Gasteiger partial charge in [-0.05, 0) is 43.5 Å². The van der Waals surface area contributed by atoms with Crippen LogP contribution in [0.15, 0.2) is 18.2 Å². The number of nitrogens with zero attached hydrogens (tertiary/aromatic N) is 1. The predicted octanol–water partition coefficient (Wildman–Crippen LogP) is 3.05. The maximum Gasteiger partial charge on any atom is 0.125 e. The summed E-state index contributed by atoms with van der Waals surface area (Å²) in [7, 11) is 0. The van der Waals surface area contributed by atoms with E-state index in [0.717, 1.165) is 17.8 Å². The Hall–Kier alpha value is -1.09. The summed E-state index contributed by atoms with van der Waals surface area (Å²) in [4.78, 5) is 2.31.